The van der Waals surface area contributed by atoms with E-state index in [1.165, 1.54) is 12.1 Å². The summed E-state index contributed by atoms with van der Waals surface area (Å²) in [6.45, 7) is 1.66. The van der Waals surface area contributed by atoms with Crippen LogP contribution >= 0.6 is 0 Å². The summed E-state index contributed by atoms with van der Waals surface area (Å²) in [5.41, 5.74) is 0.541. The van der Waals surface area contributed by atoms with Crippen molar-refractivity contribution in [1.29, 1.82) is 0 Å². The summed E-state index contributed by atoms with van der Waals surface area (Å²) < 4.78 is 9.88. The number of ketones is 1. The maximum Gasteiger partial charge on any atom is 0.344 e. The summed E-state index contributed by atoms with van der Waals surface area (Å²) in [7, 11) is 5.56. The highest BCUT2D eigenvalue weighted by molar-refractivity contribution is 6.33. The van der Waals surface area contributed by atoms with Gasteiger partial charge in [-0.25, -0.2) is 4.79 Å². The highest BCUT2D eigenvalue weighted by atomic mass is 16.6. The molecule has 0 amide bonds. The van der Waals surface area contributed by atoms with Crippen LogP contribution in [-0.2, 0) is 9.53 Å². The molecule has 0 bridgehead atoms. The Labute approximate surface area is 107 Å². The minimum atomic E-state index is -0.554. The Morgan fingerprint density at radius 2 is 2.17 bits per heavy atom. The fourth-order valence-electron chi connectivity index (χ4n) is 1.27. The highest BCUT2D eigenvalue weighted by Gasteiger charge is 2.12. The average molecular weight is 242 g/mol. The highest BCUT2D eigenvalue weighted by Crippen LogP contribution is 2.17. The van der Waals surface area contributed by atoms with Crippen molar-refractivity contribution in [2.45, 2.75) is 6.92 Å². The van der Waals surface area contributed by atoms with Crippen LogP contribution < -0.4 is 10.2 Å². The molecule has 1 rings (SSSR count). The lowest BCUT2D eigenvalue weighted by molar-refractivity contribution is -0.145. The molecule has 0 atom stereocenters. The van der Waals surface area contributed by atoms with Gasteiger partial charge in [0.05, 0.1) is 12.2 Å². The second kappa shape index (κ2) is 6.50. The third kappa shape index (κ3) is 3.67. The molecule has 2 radical (unpaired) electrons. The Morgan fingerprint density at radius 3 is 2.78 bits per heavy atom. The number of carbonyl (C=O) groups excluding carboxylic acids is 2. The van der Waals surface area contributed by atoms with Crippen molar-refractivity contribution < 1.29 is 19.1 Å². The van der Waals surface area contributed by atoms with Crippen LogP contribution in [0.3, 0.4) is 0 Å². The molecule has 0 fully saturated rings. The van der Waals surface area contributed by atoms with Crippen molar-refractivity contribution in [1.82, 2.24) is 0 Å². The van der Waals surface area contributed by atoms with Crippen molar-refractivity contribution in [2.24, 2.45) is 0 Å². The molecule has 18 heavy (non-hydrogen) atoms. The first-order valence-corrected chi connectivity index (χ1v) is 5.27. The van der Waals surface area contributed by atoms with Crippen LogP contribution in [0.15, 0.2) is 18.2 Å². The molecule has 0 aliphatic rings. The predicted octanol–water partition coefficient (Wildman–Crippen LogP) is 0.238. The molecule has 0 spiro atoms. The molecule has 1 aromatic carbocycles. The third-order valence-electron chi connectivity index (χ3n) is 2.03. The van der Waals surface area contributed by atoms with Crippen LogP contribution in [-0.4, -0.2) is 32.8 Å². The Kier molecular flexibility index (Phi) is 5.00. The van der Waals surface area contributed by atoms with E-state index in [9.17, 15) is 9.59 Å². The van der Waals surface area contributed by atoms with Crippen LogP contribution in [0.1, 0.15) is 17.3 Å². The Morgan fingerprint density at radius 1 is 1.44 bits per heavy atom. The molecule has 0 saturated carbocycles. The van der Waals surface area contributed by atoms with Crippen LogP contribution in [0.5, 0.6) is 5.75 Å². The SMILES string of the molecule is [B]c1ccc(OCC(=O)OCC)c(C(=O)C#C)c1. The smallest absolute Gasteiger partial charge is 0.344 e. The number of rotatable bonds is 5. The van der Waals surface area contributed by atoms with Gasteiger partial charge < -0.3 is 9.47 Å². The summed E-state index contributed by atoms with van der Waals surface area (Å²) in [4.78, 5) is 22.6. The second-order valence-corrected chi connectivity index (χ2v) is 3.32. The van der Waals surface area contributed by atoms with E-state index in [4.69, 9.17) is 23.7 Å². The summed E-state index contributed by atoms with van der Waals surface area (Å²) in [6, 6.07) is 4.44. The first kappa shape index (κ1) is 13.8. The summed E-state index contributed by atoms with van der Waals surface area (Å²) in [6.07, 6.45) is 5.04. The van der Waals surface area contributed by atoms with E-state index in [2.05, 4.69) is 0 Å². The molecule has 0 unspecified atom stereocenters. The number of ether oxygens (including phenoxy) is 2. The fraction of sp³-hybridized carbons (Fsp3) is 0.231. The second-order valence-electron chi connectivity index (χ2n) is 3.32. The van der Waals surface area contributed by atoms with Gasteiger partial charge >= 0.3 is 5.97 Å². The normalized spacial score (nSPS) is 9.33. The predicted molar refractivity (Wildman–Crippen MR) is 67.1 cm³/mol. The van der Waals surface area contributed by atoms with Crippen molar-refractivity contribution in [3.63, 3.8) is 0 Å². The molecule has 0 saturated heterocycles. The molecule has 0 aliphatic carbocycles. The average Bonchev–Trinajstić information content (AvgIpc) is 2.36. The van der Waals surface area contributed by atoms with Gasteiger partial charge in [0.2, 0.25) is 5.78 Å². The van der Waals surface area contributed by atoms with E-state index in [0.29, 0.717) is 5.46 Å². The zero-order valence-electron chi connectivity index (χ0n) is 9.93. The number of hydrogen-bond donors (Lipinski definition) is 0. The summed E-state index contributed by atoms with van der Waals surface area (Å²) >= 11 is 0. The Bertz CT molecular complexity index is 502. The quantitative estimate of drug-likeness (QED) is 0.244. The third-order valence-corrected chi connectivity index (χ3v) is 2.03. The van der Waals surface area contributed by atoms with E-state index in [1.54, 1.807) is 13.0 Å². The molecule has 1 aromatic rings. The first-order chi connectivity index (χ1) is 8.58. The largest absolute Gasteiger partial charge is 0.481 e. The molecule has 5 heteroatoms. The van der Waals surface area contributed by atoms with Gasteiger partial charge in [0.1, 0.15) is 13.6 Å². The van der Waals surface area contributed by atoms with Crippen molar-refractivity contribution in [3.8, 4) is 18.1 Å². The molecule has 0 heterocycles. The number of Topliss-reactive ketones (excluding diaryl/α,β-unsaturated/α-hetero) is 1. The van der Waals surface area contributed by atoms with Crippen LogP contribution in [0, 0.1) is 12.3 Å². The van der Waals surface area contributed by atoms with Gasteiger partial charge in [-0.2, -0.15) is 0 Å². The van der Waals surface area contributed by atoms with E-state index in [1.807, 2.05) is 5.92 Å². The number of benzene rings is 1. The molecule has 0 N–H and O–H groups in total. The Hall–Kier alpha value is -2.22. The van der Waals surface area contributed by atoms with Crippen molar-refractivity contribution in [2.75, 3.05) is 13.2 Å². The lowest BCUT2D eigenvalue weighted by Crippen LogP contribution is -2.17. The maximum absolute atomic E-state index is 11.5. The number of carbonyl (C=O) groups is 2. The number of terminal acetylenes is 1. The van der Waals surface area contributed by atoms with Gasteiger partial charge in [0.15, 0.2) is 6.61 Å². The number of esters is 1. The zero-order valence-corrected chi connectivity index (χ0v) is 9.93. The lowest BCUT2D eigenvalue weighted by atomic mass is 9.93. The summed E-state index contributed by atoms with van der Waals surface area (Å²) in [5, 5.41) is 0. The fourth-order valence-corrected chi connectivity index (χ4v) is 1.27. The van der Waals surface area contributed by atoms with E-state index < -0.39 is 11.8 Å². The van der Waals surface area contributed by atoms with Gasteiger partial charge in [0.25, 0.3) is 0 Å². The molecular weight excluding hydrogens is 231 g/mol. The molecule has 4 nitrogen and oxygen atoms in total. The van der Waals surface area contributed by atoms with Crippen LogP contribution in [0.2, 0.25) is 0 Å². The zero-order chi connectivity index (χ0) is 13.5. The van der Waals surface area contributed by atoms with Gasteiger partial charge in [-0.05, 0) is 18.9 Å². The minimum Gasteiger partial charge on any atom is -0.481 e. The standard InChI is InChI=1S/C13H11BO4/c1-3-11(15)10-7-9(14)5-6-12(10)18-8-13(16)17-4-2/h1,5-7H,4,8H2,2H3. The van der Waals surface area contributed by atoms with Gasteiger partial charge in [0, 0.05) is 0 Å². The number of hydrogen-bond acceptors (Lipinski definition) is 4. The maximum atomic E-state index is 11.5. The van der Waals surface area contributed by atoms with Gasteiger partial charge in [-0.15, -0.1) is 6.42 Å². The minimum absolute atomic E-state index is 0.154. The van der Waals surface area contributed by atoms with E-state index in [0.717, 1.165) is 0 Å². The van der Waals surface area contributed by atoms with E-state index >= 15 is 0 Å². The topological polar surface area (TPSA) is 52.6 Å². The summed E-state index contributed by atoms with van der Waals surface area (Å²) in [5.74, 6) is 1.11. The van der Waals surface area contributed by atoms with E-state index in [-0.39, 0.29) is 24.5 Å². The first-order valence-electron chi connectivity index (χ1n) is 5.27. The molecule has 0 aliphatic heterocycles. The van der Waals surface area contributed by atoms with Gasteiger partial charge in [-0.3, -0.25) is 4.79 Å². The lowest BCUT2D eigenvalue weighted by Gasteiger charge is -2.09. The monoisotopic (exact) mass is 242 g/mol. The molecular formula is C13H11BO4. The van der Waals surface area contributed by atoms with Gasteiger partial charge in [-0.1, -0.05) is 17.6 Å². The molecule has 90 valence electrons. The Balaban J connectivity index is 2.86. The van der Waals surface area contributed by atoms with Crippen molar-refractivity contribution in [3.05, 3.63) is 23.8 Å². The molecule has 0 aromatic heterocycles. The van der Waals surface area contributed by atoms with Crippen LogP contribution in [0.4, 0.5) is 0 Å². The van der Waals surface area contributed by atoms with Crippen LogP contribution in [0.25, 0.3) is 0 Å². The van der Waals surface area contributed by atoms with Crippen molar-refractivity contribution >= 4 is 25.1 Å².